The maximum atomic E-state index is 12.2. The molecule has 0 aliphatic carbocycles. The number of thiocarbonyl (C=S) groups is 1. The van der Waals surface area contributed by atoms with Crippen LogP contribution in [0.15, 0.2) is 24.3 Å². The summed E-state index contributed by atoms with van der Waals surface area (Å²) in [6, 6.07) is 8.29. The van der Waals surface area contributed by atoms with Crippen molar-refractivity contribution < 1.29 is 9.53 Å². The largest absolute Gasteiger partial charge is 0.465 e. The number of esters is 1. The quantitative estimate of drug-likeness (QED) is 0.422. The van der Waals surface area contributed by atoms with Gasteiger partial charge in [-0.05, 0) is 63.5 Å². The van der Waals surface area contributed by atoms with Gasteiger partial charge in [0.2, 0.25) is 0 Å². The molecule has 2 N–H and O–H groups in total. The molecular weight excluding hydrogens is 416 g/mol. The third-order valence-electron chi connectivity index (χ3n) is 5.20. The minimum atomic E-state index is -0.374. The Morgan fingerprint density at radius 1 is 1.17 bits per heavy atom. The molecule has 0 amide bonds. The highest BCUT2D eigenvalue weighted by Gasteiger charge is 2.21. The van der Waals surface area contributed by atoms with E-state index in [0.29, 0.717) is 22.2 Å². The number of rotatable bonds is 5. The summed E-state index contributed by atoms with van der Waals surface area (Å²) in [6.45, 7) is 10.6. The number of carbonyl (C=O) groups excluding carboxylic acids is 1. The molecule has 30 heavy (non-hydrogen) atoms. The average molecular weight is 443 g/mol. The fourth-order valence-electron chi connectivity index (χ4n) is 3.29. The van der Waals surface area contributed by atoms with Crippen molar-refractivity contribution in [2.24, 2.45) is 0 Å². The third-order valence-corrected chi connectivity index (χ3v) is 6.53. The van der Waals surface area contributed by atoms with Crippen molar-refractivity contribution in [3.05, 3.63) is 62.8 Å². The van der Waals surface area contributed by atoms with Crippen LogP contribution in [-0.4, -0.2) is 28.0 Å². The monoisotopic (exact) mass is 442 g/mol. The normalized spacial score (nSPS) is 10.7. The Hall–Kier alpha value is -2.71. The molecular formula is C22H26N4O2S2. The van der Waals surface area contributed by atoms with Crippen molar-refractivity contribution in [3.8, 4) is 0 Å². The number of carbonyl (C=O) groups is 1. The van der Waals surface area contributed by atoms with Crippen LogP contribution in [0.2, 0.25) is 0 Å². The number of aryl methyl sites for hydroxylation is 3. The van der Waals surface area contributed by atoms with Crippen LogP contribution in [-0.2, 0) is 11.3 Å². The van der Waals surface area contributed by atoms with Crippen LogP contribution < -0.4 is 10.6 Å². The number of hydrogen-bond donors (Lipinski definition) is 2. The molecule has 0 saturated carbocycles. The minimum absolute atomic E-state index is 0.374. The fourth-order valence-corrected chi connectivity index (χ4v) is 4.61. The summed E-state index contributed by atoms with van der Waals surface area (Å²) in [6.07, 6.45) is 0. The summed E-state index contributed by atoms with van der Waals surface area (Å²) in [4.78, 5) is 13.2. The highest BCUT2D eigenvalue weighted by Crippen LogP contribution is 2.33. The van der Waals surface area contributed by atoms with E-state index in [1.54, 1.807) is 0 Å². The molecule has 0 unspecified atom stereocenters. The number of nitrogens with one attached hydrogen (secondary N) is 2. The zero-order chi connectivity index (χ0) is 22.0. The van der Waals surface area contributed by atoms with Gasteiger partial charge in [0.25, 0.3) is 0 Å². The molecule has 3 rings (SSSR count). The molecule has 8 heteroatoms. The van der Waals surface area contributed by atoms with Crippen LogP contribution in [0, 0.1) is 34.6 Å². The topological polar surface area (TPSA) is 68.2 Å². The van der Waals surface area contributed by atoms with E-state index in [2.05, 4.69) is 34.8 Å². The summed E-state index contributed by atoms with van der Waals surface area (Å²) in [5.74, 6) is -0.374. The van der Waals surface area contributed by atoms with E-state index in [-0.39, 0.29) is 5.97 Å². The zero-order valence-corrected chi connectivity index (χ0v) is 19.7. The lowest BCUT2D eigenvalue weighted by molar-refractivity contribution is 0.0601. The summed E-state index contributed by atoms with van der Waals surface area (Å²) < 4.78 is 6.90. The number of anilines is 2. The smallest absolute Gasteiger partial charge is 0.341 e. The first-order valence-electron chi connectivity index (χ1n) is 9.57. The van der Waals surface area contributed by atoms with Crippen LogP contribution in [0.5, 0.6) is 0 Å². The first-order chi connectivity index (χ1) is 14.2. The lowest BCUT2D eigenvalue weighted by Gasteiger charge is -2.12. The summed E-state index contributed by atoms with van der Waals surface area (Å²) in [5.41, 5.74) is 6.59. The summed E-state index contributed by atoms with van der Waals surface area (Å²) in [5, 5.41) is 12.2. The highest BCUT2D eigenvalue weighted by molar-refractivity contribution is 7.80. The molecule has 0 saturated heterocycles. The number of ether oxygens (including phenoxy) is 1. The Morgan fingerprint density at radius 2 is 1.87 bits per heavy atom. The van der Waals surface area contributed by atoms with Gasteiger partial charge in [-0.1, -0.05) is 24.3 Å². The molecule has 0 aliphatic rings. The summed E-state index contributed by atoms with van der Waals surface area (Å²) in [7, 11) is 1.38. The number of hydrogen-bond acceptors (Lipinski definition) is 5. The van der Waals surface area contributed by atoms with Gasteiger partial charge < -0.3 is 15.4 Å². The molecule has 0 radical (unpaired) electrons. The second kappa shape index (κ2) is 8.97. The van der Waals surface area contributed by atoms with Crippen molar-refractivity contribution in [2.75, 3.05) is 17.7 Å². The van der Waals surface area contributed by atoms with Crippen LogP contribution in [0.1, 0.15) is 43.3 Å². The van der Waals surface area contributed by atoms with Gasteiger partial charge in [0.05, 0.1) is 36.3 Å². The van der Waals surface area contributed by atoms with Gasteiger partial charge >= 0.3 is 5.97 Å². The van der Waals surface area contributed by atoms with Crippen molar-refractivity contribution in [1.82, 2.24) is 9.78 Å². The van der Waals surface area contributed by atoms with E-state index in [1.807, 2.05) is 44.5 Å². The van der Waals surface area contributed by atoms with Crippen LogP contribution >= 0.6 is 23.6 Å². The molecule has 3 aromatic rings. The van der Waals surface area contributed by atoms with Gasteiger partial charge in [-0.3, -0.25) is 4.68 Å². The number of aromatic nitrogens is 2. The van der Waals surface area contributed by atoms with Crippen LogP contribution in [0.25, 0.3) is 0 Å². The van der Waals surface area contributed by atoms with Crippen LogP contribution in [0.4, 0.5) is 10.7 Å². The second-order valence-corrected chi connectivity index (χ2v) is 8.82. The number of methoxy groups -OCH3 is 1. The Bertz CT molecular complexity index is 1110. The maximum Gasteiger partial charge on any atom is 0.341 e. The highest BCUT2D eigenvalue weighted by atomic mass is 32.1. The van der Waals surface area contributed by atoms with Gasteiger partial charge in [-0.25, -0.2) is 4.79 Å². The van der Waals surface area contributed by atoms with E-state index in [0.717, 1.165) is 27.5 Å². The Morgan fingerprint density at radius 3 is 2.53 bits per heavy atom. The minimum Gasteiger partial charge on any atom is -0.465 e. The van der Waals surface area contributed by atoms with Gasteiger partial charge in [0.15, 0.2) is 5.11 Å². The molecule has 6 nitrogen and oxygen atoms in total. The van der Waals surface area contributed by atoms with Gasteiger partial charge in [-0.15, -0.1) is 11.3 Å². The number of benzene rings is 1. The van der Waals surface area contributed by atoms with E-state index in [4.69, 9.17) is 17.0 Å². The molecule has 0 aliphatic heterocycles. The zero-order valence-electron chi connectivity index (χ0n) is 18.0. The molecule has 2 heterocycles. The fraction of sp³-hybridized carbons (Fsp3) is 0.318. The Kier molecular flexibility index (Phi) is 6.58. The predicted molar refractivity (Wildman–Crippen MR) is 127 cm³/mol. The molecule has 0 atom stereocenters. The predicted octanol–water partition coefficient (Wildman–Crippen LogP) is 5.13. The Balaban J connectivity index is 1.80. The maximum absolute atomic E-state index is 12.2. The van der Waals surface area contributed by atoms with Crippen molar-refractivity contribution in [2.45, 2.75) is 41.2 Å². The molecule has 0 bridgehead atoms. The van der Waals surface area contributed by atoms with Gasteiger partial charge in [-0.2, -0.15) is 5.10 Å². The molecule has 2 aromatic heterocycles. The molecule has 158 valence electrons. The summed E-state index contributed by atoms with van der Waals surface area (Å²) >= 11 is 7.01. The van der Waals surface area contributed by atoms with Gasteiger partial charge in [0.1, 0.15) is 5.00 Å². The van der Waals surface area contributed by atoms with E-state index in [9.17, 15) is 4.79 Å². The standard InChI is InChI=1S/C22H26N4O2S2/c1-12-9-7-8-10-17(12)11-26-15(4)19(14(3)25-26)23-22(29)24-20-18(21(27)28-6)13(2)16(5)30-20/h7-10H,11H2,1-6H3,(H2,23,24,29). The first-order valence-corrected chi connectivity index (χ1v) is 10.8. The van der Waals surface area contributed by atoms with Crippen LogP contribution in [0.3, 0.4) is 0 Å². The third kappa shape index (κ3) is 4.39. The SMILES string of the molecule is COC(=O)c1c(NC(=S)Nc2c(C)nn(Cc3ccccc3C)c2C)sc(C)c1C. The lowest BCUT2D eigenvalue weighted by atomic mass is 10.1. The van der Waals surface area contributed by atoms with Crippen molar-refractivity contribution >= 4 is 45.3 Å². The molecule has 0 spiro atoms. The van der Waals surface area contributed by atoms with Crippen molar-refractivity contribution in [1.29, 1.82) is 0 Å². The lowest BCUT2D eigenvalue weighted by Crippen LogP contribution is -2.21. The number of thiophene rings is 1. The average Bonchev–Trinajstić information content (AvgIpc) is 3.12. The Labute approximate surface area is 186 Å². The molecule has 0 fully saturated rings. The van der Waals surface area contributed by atoms with E-state index >= 15 is 0 Å². The van der Waals surface area contributed by atoms with Gasteiger partial charge in [0, 0.05) is 4.88 Å². The van der Waals surface area contributed by atoms with Crippen molar-refractivity contribution in [3.63, 3.8) is 0 Å². The first kappa shape index (κ1) is 22.0. The van der Waals surface area contributed by atoms with E-state index < -0.39 is 0 Å². The number of nitrogens with zero attached hydrogens (tertiary/aromatic N) is 2. The molecule has 1 aromatic carbocycles. The van der Waals surface area contributed by atoms with E-state index in [1.165, 1.54) is 29.6 Å². The second-order valence-electron chi connectivity index (χ2n) is 7.19.